The Bertz CT molecular complexity index is 1650. The largest absolute Gasteiger partial charge is 0.507 e. The maximum Gasteiger partial charge on any atom is 0.255 e. The van der Waals surface area contributed by atoms with Gasteiger partial charge in [0.15, 0.2) is 11.6 Å². The second-order valence-corrected chi connectivity index (χ2v) is 11.6. The first kappa shape index (κ1) is 29.8. The number of nitrogens with one attached hydrogen (secondary N) is 1. The van der Waals surface area contributed by atoms with Crippen molar-refractivity contribution in [1.82, 2.24) is 25.2 Å². The molecule has 9 nitrogen and oxygen atoms in total. The number of piperidine rings is 1. The van der Waals surface area contributed by atoms with Crippen LogP contribution in [-0.4, -0.2) is 70.7 Å². The summed E-state index contributed by atoms with van der Waals surface area (Å²) in [6.07, 6.45) is 6.19. The van der Waals surface area contributed by atoms with E-state index in [-0.39, 0.29) is 34.0 Å². The number of rotatable bonds is 8. The number of hydrogen-bond donors (Lipinski definition) is 2. The van der Waals surface area contributed by atoms with E-state index in [1.54, 1.807) is 30.5 Å². The third-order valence-corrected chi connectivity index (χ3v) is 8.65. The highest BCUT2D eigenvalue weighted by Gasteiger charge is 2.29. The molecule has 228 valence electrons. The number of aromatic hydroxyl groups is 1. The predicted molar refractivity (Wildman–Crippen MR) is 167 cm³/mol. The van der Waals surface area contributed by atoms with Crippen LogP contribution in [0.3, 0.4) is 0 Å². The van der Waals surface area contributed by atoms with Gasteiger partial charge in [-0.15, -0.1) is 0 Å². The molecule has 1 saturated heterocycles. The third-order valence-electron chi connectivity index (χ3n) is 8.44. The van der Waals surface area contributed by atoms with Crippen molar-refractivity contribution >= 4 is 28.9 Å². The van der Waals surface area contributed by atoms with Gasteiger partial charge in [0, 0.05) is 30.0 Å². The van der Waals surface area contributed by atoms with E-state index in [1.165, 1.54) is 18.2 Å². The summed E-state index contributed by atoms with van der Waals surface area (Å²) in [5.41, 5.74) is 3.35. The number of pyridine rings is 3. The van der Waals surface area contributed by atoms with Gasteiger partial charge < -0.3 is 25.0 Å². The number of amides is 1. The smallest absolute Gasteiger partial charge is 0.255 e. The molecule has 11 heteroatoms. The molecule has 1 fully saturated rings. The number of ether oxygens (including phenoxy) is 1. The summed E-state index contributed by atoms with van der Waals surface area (Å²) in [6, 6.07) is 15.1. The van der Waals surface area contributed by atoms with E-state index in [4.69, 9.17) is 21.3 Å². The van der Waals surface area contributed by atoms with Gasteiger partial charge in [0.1, 0.15) is 23.2 Å². The molecule has 3 aromatic heterocycles. The Kier molecular flexibility index (Phi) is 8.90. The Morgan fingerprint density at radius 1 is 1.14 bits per heavy atom. The second kappa shape index (κ2) is 13.2. The summed E-state index contributed by atoms with van der Waals surface area (Å²) < 4.78 is 20.6. The molecule has 1 unspecified atom stereocenters. The van der Waals surface area contributed by atoms with E-state index in [9.17, 15) is 14.3 Å². The van der Waals surface area contributed by atoms with Crippen molar-refractivity contribution in [2.75, 3.05) is 44.7 Å². The average molecular weight is 617 g/mol. The quantitative estimate of drug-likeness (QED) is 0.239. The summed E-state index contributed by atoms with van der Waals surface area (Å²) in [6.45, 7) is 3.51. The molecule has 0 spiro atoms. The van der Waals surface area contributed by atoms with Gasteiger partial charge in [0.25, 0.3) is 5.91 Å². The van der Waals surface area contributed by atoms with E-state index in [0.717, 1.165) is 43.0 Å². The standard InChI is InChI=1S/C33H34ClFN6O3/c1-40-14-10-21(11-15-40)23(9-13-37-33(43)24-4-2-3-5-29(24)42)26-18-22(8-12-36-26)41-16-17-44-30-20-38-27(19-28(30)41)32-25(35)6-7-31(34)39-32/h2-8,12,18-21,23,42H,9-11,13-17H2,1H3,(H,37,43). The number of carbonyl (C=O) groups is 1. The Balaban J connectivity index is 1.27. The van der Waals surface area contributed by atoms with E-state index >= 15 is 0 Å². The summed E-state index contributed by atoms with van der Waals surface area (Å²) >= 11 is 6.06. The maximum absolute atomic E-state index is 14.7. The van der Waals surface area contributed by atoms with Crippen LogP contribution in [0, 0.1) is 11.7 Å². The van der Waals surface area contributed by atoms with Gasteiger partial charge in [-0.3, -0.25) is 14.8 Å². The van der Waals surface area contributed by atoms with Crippen LogP contribution in [0.1, 0.15) is 41.2 Å². The molecular weight excluding hydrogens is 583 g/mol. The maximum atomic E-state index is 14.7. The number of para-hydroxylation sites is 1. The van der Waals surface area contributed by atoms with Crippen LogP contribution in [0.15, 0.2) is 67.0 Å². The van der Waals surface area contributed by atoms with Gasteiger partial charge >= 0.3 is 0 Å². The van der Waals surface area contributed by atoms with Gasteiger partial charge in [-0.1, -0.05) is 23.7 Å². The molecule has 0 bridgehead atoms. The van der Waals surface area contributed by atoms with Crippen molar-refractivity contribution in [3.05, 3.63) is 89.2 Å². The van der Waals surface area contributed by atoms with Crippen molar-refractivity contribution < 1.29 is 19.0 Å². The summed E-state index contributed by atoms with van der Waals surface area (Å²) in [5, 5.41) is 13.3. The molecule has 4 aromatic rings. The molecule has 5 heterocycles. The number of nitrogens with zero attached hydrogens (tertiary/aromatic N) is 5. The molecule has 2 N–H and O–H groups in total. The van der Waals surface area contributed by atoms with Gasteiger partial charge in [-0.05, 0) is 87.8 Å². The highest BCUT2D eigenvalue weighted by atomic mass is 35.5. The molecular formula is C33H34ClFN6O3. The zero-order valence-electron chi connectivity index (χ0n) is 24.4. The van der Waals surface area contributed by atoms with Crippen molar-refractivity contribution in [1.29, 1.82) is 0 Å². The predicted octanol–water partition coefficient (Wildman–Crippen LogP) is 5.81. The minimum absolute atomic E-state index is 0.0377. The minimum Gasteiger partial charge on any atom is -0.507 e. The Morgan fingerprint density at radius 3 is 2.77 bits per heavy atom. The molecule has 0 saturated carbocycles. The first-order valence-electron chi connectivity index (χ1n) is 14.8. The lowest BCUT2D eigenvalue weighted by molar-refractivity contribution is 0.0947. The molecule has 44 heavy (non-hydrogen) atoms. The van der Waals surface area contributed by atoms with Crippen LogP contribution in [0.2, 0.25) is 5.15 Å². The fourth-order valence-corrected chi connectivity index (χ4v) is 6.23. The fourth-order valence-electron chi connectivity index (χ4n) is 6.08. The fraction of sp³-hybridized carbons (Fsp3) is 0.333. The number of benzene rings is 1. The van der Waals surface area contributed by atoms with Crippen LogP contribution >= 0.6 is 11.6 Å². The first-order valence-corrected chi connectivity index (χ1v) is 15.2. The number of likely N-dealkylation sites (tertiary alicyclic amines) is 1. The molecule has 6 rings (SSSR count). The molecule has 2 aliphatic rings. The number of fused-ring (bicyclic) bond motifs is 1. The van der Waals surface area contributed by atoms with Crippen LogP contribution < -0.4 is 15.0 Å². The molecule has 1 amide bonds. The number of halogens is 2. The van der Waals surface area contributed by atoms with Gasteiger partial charge in [0.05, 0.1) is 29.7 Å². The summed E-state index contributed by atoms with van der Waals surface area (Å²) in [4.78, 5) is 30.7. The summed E-state index contributed by atoms with van der Waals surface area (Å²) in [7, 11) is 2.14. The molecule has 0 aliphatic carbocycles. The molecule has 0 radical (unpaired) electrons. The van der Waals surface area contributed by atoms with Crippen LogP contribution in [-0.2, 0) is 0 Å². The lowest BCUT2D eigenvalue weighted by atomic mass is 9.80. The van der Waals surface area contributed by atoms with Crippen molar-refractivity contribution in [3.63, 3.8) is 0 Å². The van der Waals surface area contributed by atoms with Gasteiger partial charge in [-0.25, -0.2) is 9.37 Å². The highest BCUT2D eigenvalue weighted by Crippen LogP contribution is 2.40. The van der Waals surface area contributed by atoms with E-state index in [1.807, 2.05) is 12.3 Å². The molecule has 2 aliphatic heterocycles. The van der Waals surface area contributed by atoms with E-state index in [0.29, 0.717) is 43.5 Å². The first-order chi connectivity index (χ1) is 21.4. The Hall–Kier alpha value is -4.28. The normalized spacial score (nSPS) is 16.2. The van der Waals surface area contributed by atoms with Crippen molar-refractivity contribution in [2.24, 2.45) is 5.92 Å². The lowest BCUT2D eigenvalue weighted by Gasteiger charge is -2.35. The number of anilines is 2. The Morgan fingerprint density at radius 2 is 1.95 bits per heavy atom. The van der Waals surface area contributed by atoms with Crippen LogP contribution in [0.4, 0.5) is 15.8 Å². The zero-order chi connectivity index (χ0) is 30.6. The molecule has 1 atom stereocenters. The lowest BCUT2D eigenvalue weighted by Crippen LogP contribution is -2.34. The van der Waals surface area contributed by atoms with Gasteiger partial charge in [0.2, 0.25) is 0 Å². The average Bonchev–Trinajstić information content (AvgIpc) is 3.04. The van der Waals surface area contributed by atoms with Crippen LogP contribution in [0.5, 0.6) is 11.5 Å². The topological polar surface area (TPSA) is 104 Å². The SMILES string of the molecule is CN1CCC(C(CCNC(=O)c2ccccc2O)c2cc(N3CCOc4cnc(-c5nc(Cl)ccc5F)cc43)ccn2)CC1. The number of phenols is 1. The van der Waals surface area contributed by atoms with E-state index < -0.39 is 5.82 Å². The minimum atomic E-state index is -0.508. The van der Waals surface area contributed by atoms with Crippen molar-refractivity contribution in [3.8, 4) is 22.9 Å². The second-order valence-electron chi connectivity index (χ2n) is 11.2. The number of aromatic nitrogens is 3. The van der Waals surface area contributed by atoms with Crippen molar-refractivity contribution in [2.45, 2.75) is 25.2 Å². The van der Waals surface area contributed by atoms with Gasteiger partial charge in [-0.2, -0.15) is 0 Å². The number of hydrogen-bond acceptors (Lipinski definition) is 8. The Labute approximate surface area is 260 Å². The third kappa shape index (κ3) is 6.46. The molecule has 1 aromatic carbocycles. The monoisotopic (exact) mass is 616 g/mol. The van der Waals surface area contributed by atoms with E-state index in [2.05, 4.69) is 38.2 Å². The number of phenolic OH excluding ortho intramolecular Hbond substituents is 1. The zero-order valence-corrected chi connectivity index (χ0v) is 25.2. The number of carbonyl (C=O) groups excluding carboxylic acids is 1. The van der Waals surface area contributed by atoms with Crippen LogP contribution in [0.25, 0.3) is 11.4 Å². The highest BCUT2D eigenvalue weighted by molar-refractivity contribution is 6.29. The summed E-state index contributed by atoms with van der Waals surface area (Å²) in [5.74, 6) is 0.273.